The van der Waals surface area contributed by atoms with Crippen LogP contribution >= 0.6 is 0 Å². The van der Waals surface area contributed by atoms with Gasteiger partial charge in [0, 0.05) is 19.6 Å². The number of ether oxygens (including phenoxy) is 1. The van der Waals surface area contributed by atoms with E-state index in [1.165, 1.54) is 15.5 Å². The first-order valence-corrected chi connectivity index (χ1v) is 7.36. The summed E-state index contributed by atoms with van der Waals surface area (Å²) < 4.78 is 32.5. The van der Waals surface area contributed by atoms with E-state index >= 15 is 0 Å². The molecule has 1 amide bonds. The second-order valence-corrected chi connectivity index (χ2v) is 6.30. The smallest absolute Gasteiger partial charge is 0.282 e. The first kappa shape index (κ1) is 15.4. The molecule has 1 unspecified atom stereocenters. The second-order valence-electron chi connectivity index (χ2n) is 4.37. The maximum Gasteiger partial charge on any atom is 0.282 e. The number of primary amides is 1. The van der Waals surface area contributed by atoms with Gasteiger partial charge in [0.15, 0.2) is 5.60 Å². The fraction of sp³-hybridized carbons (Fsp3) is 0.900. The van der Waals surface area contributed by atoms with E-state index in [9.17, 15) is 13.2 Å². The van der Waals surface area contributed by atoms with Crippen molar-refractivity contribution in [2.45, 2.75) is 26.4 Å². The van der Waals surface area contributed by atoms with Crippen LogP contribution in [0.1, 0.15) is 20.8 Å². The molecule has 1 heterocycles. The Balaban J connectivity index is 2.94. The maximum absolute atomic E-state index is 12.3. The Morgan fingerprint density at radius 3 is 2.44 bits per heavy atom. The zero-order chi connectivity index (χ0) is 14.0. The summed E-state index contributed by atoms with van der Waals surface area (Å²) in [6.07, 6.45) is 0. The van der Waals surface area contributed by atoms with Crippen LogP contribution in [0.3, 0.4) is 0 Å². The van der Waals surface area contributed by atoms with Gasteiger partial charge in [0.25, 0.3) is 16.1 Å². The molecule has 1 rings (SSSR count). The van der Waals surface area contributed by atoms with Crippen molar-refractivity contribution in [3.05, 3.63) is 0 Å². The molecule has 2 N–H and O–H groups in total. The maximum atomic E-state index is 12.3. The molecule has 0 radical (unpaired) electrons. The number of hydrogen-bond acceptors (Lipinski definition) is 4. The number of hydrogen-bond donors (Lipinski definition) is 1. The van der Waals surface area contributed by atoms with Crippen molar-refractivity contribution in [1.82, 2.24) is 8.61 Å². The van der Waals surface area contributed by atoms with E-state index in [-0.39, 0.29) is 19.7 Å². The number of amides is 1. The van der Waals surface area contributed by atoms with Crippen molar-refractivity contribution < 1.29 is 17.9 Å². The summed E-state index contributed by atoms with van der Waals surface area (Å²) >= 11 is 0. The normalized spacial score (nSPS) is 26.4. The second kappa shape index (κ2) is 5.52. The van der Waals surface area contributed by atoms with Gasteiger partial charge in [-0.15, -0.1) is 0 Å². The predicted molar refractivity (Wildman–Crippen MR) is 67.0 cm³/mol. The summed E-state index contributed by atoms with van der Waals surface area (Å²) in [7, 11) is -3.55. The molecule has 7 nitrogen and oxygen atoms in total. The standard InChI is InChI=1S/C10H21N3O4S/c1-4-12(5-2)18(15,16)13-6-7-17-10(3,8-13)9(11)14/h4-8H2,1-3H3,(H2,11,14). The van der Waals surface area contributed by atoms with Gasteiger partial charge in [-0.3, -0.25) is 4.79 Å². The topological polar surface area (TPSA) is 92.9 Å². The highest BCUT2D eigenvalue weighted by molar-refractivity contribution is 7.86. The average molecular weight is 279 g/mol. The van der Waals surface area contributed by atoms with Gasteiger partial charge in [0.1, 0.15) is 0 Å². The van der Waals surface area contributed by atoms with Crippen molar-refractivity contribution in [1.29, 1.82) is 0 Å². The first-order valence-electron chi connectivity index (χ1n) is 5.97. The quantitative estimate of drug-likeness (QED) is 0.709. The number of nitrogens with zero attached hydrogens (tertiary/aromatic N) is 2. The molecule has 106 valence electrons. The van der Waals surface area contributed by atoms with Crippen LogP contribution in [0, 0.1) is 0 Å². The van der Waals surface area contributed by atoms with Gasteiger partial charge in [0.2, 0.25) is 0 Å². The van der Waals surface area contributed by atoms with E-state index in [1.807, 2.05) is 0 Å². The van der Waals surface area contributed by atoms with Crippen LogP contribution in [0.15, 0.2) is 0 Å². The Morgan fingerprint density at radius 2 is 2.00 bits per heavy atom. The lowest BCUT2D eigenvalue weighted by Crippen LogP contribution is -2.60. The average Bonchev–Trinajstić information content (AvgIpc) is 2.30. The summed E-state index contributed by atoms with van der Waals surface area (Å²) in [5.74, 6) is -0.651. The molecule has 0 saturated carbocycles. The first-order chi connectivity index (χ1) is 8.28. The molecule has 0 aromatic heterocycles. The summed E-state index contributed by atoms with van der Waals surface area (Å²) in [6, 6.07) is 0. The number of rotatable bonds is 5. The van der Waals surface area contributed by atoms with Gasteiger partial charge in [-0.25, -0.2) is 0 Å². The lowest BCUT2D eigenvalue weighted by Gasteiger charge is -2.39. The Hall–Kier alpha value is -0.700. The van der Waals surface area contributed by atoms with Gasteiger partial charge in [-0.2, -0.15) is 17.0 Å². The SMILES string of the molecule is CCN(CC)S(=O)(=O)N1CCOC(C)(C(N)=O)C1. The number of carbonyl (C=O) groups is 1. The van der Waals surface area contributed by atoms with Crippen LogP contribution in [0.2, 0.25) is 0 Å². The van der Waals surface area contributed by atoms with Crippen LogP contribution in [-0.4, -0.2) is 61.3 Å². The molecule has 0 aliphatic carbocycles. The third kappa shape index (κ3) is 2.82. The van der Waals surface area contributed by atoms with Gasteiger partial charge >= 0.3 is 0 Å². The highest BCUT2D eigenvalue weighted by Gasteiger charge is 2.42. The van der Waals surface area contributed by atoms with Gasteiger partial charge in [0.05, 0.1) is 13.2 Å². The Morgan fingerprint density at radius 1 is 1.44 bits per heavy atom. The lowest BCUT2D eigenvalue weighted by atomic mass is 10.1. The fourth-order valence-electron chi connectivity index (χ4n) is 1.89. The Kier molecular flexibility index (Phi) is 4.71. The number of nitrogens with two attached hydrogens (primary N) is 1. The van der Waals surface area contributed by atoms with Crippen LogP contribution in [0.25, 0.3) is 0 Å². The zero-order valence-electron chi connectivity index (χ0n) is 11.0. The van der Waals surface area contributed by atoms with E-state index in [2.05, 4.69) is 0 Å². The Bertz CT molecular complexity index is 407. The highest BCUT2D eigenvalue weighted by atomic mass is 32.2. The van der Waals surface area contributed by atoms with Crippen molar-refractivity contribution in [3.8, 4) is 0 Å². The highest BCUT2D eigenvalue weighted by Crippen LogP contribution is 2.21. The molecule has 0 aromatic carbocycles. The number of carbonyl (C=O) groups excluding carboxylic acids is 1. The van der Waals surface area contributed by atoms with Gasteiger partial charge in [-0.1, -0.05) is 13.8 Å². The van der Waals surface area contributed by atoms with E-state index in [0.717, 1.165) is 0 Å². The summed E-state index contributed by atoms with van der Waals surface area (Å²) in [4.78, 5) is 11.3. The summed E-state index contributed by atoms with van der Waals surface area (Å²) in [6.45, 7) is 6.21. The zero-order valence-corrected chi connectivity index (χ0v) is 11.9. The molecule has 1 saturated heterocycles. The van der Waals surface area contributed by atoms with Crippen LogP contribution < -0.4 is 5.73 Å². The molecular weight excluding hydrogens is 258 g/mol. The van der Waals surface area contributed by atoms with Crippen LogP contribution in [0.5, 0.6) is 0 Å². The molecule has 18 heavy (non-hydrogen) atoms. The molecule has 1 atom stereocenters. The van der Waals surface area contributed by atoms with Gasteiger partial charge in [-0.05, 0) is 6.92 Å². The van der Waals surface area contributed by atoms with Crippen molar-refractivity contribution in [2.75, 3.05) is 32.8 Å². The summed E-state index contributed by atoms with van der Waals surface area (Å²) in [5.41, 5.74) is 4.00. The molecule has 1 aliphatic heterocycles. The molecule has 0 bridgehead atoms. The monoisotopic (exact) mass is 279 g/mol. The number of morpholine rings is 1. The van der Waals surface area contributed by atoms with E-state index in [0.29, 0.717) is 13.1 Å². The minimum Gasteiger partial charge on any atom is -0.367 e. The largest absolute Gasteiger partial charge is 0.367 e. The van der Waals surface area contributed by atoms with E-state index < -0.39 is 21.7 Å². The van der Waals surface area contributed by atoms with Crippen LogP contribution in [0.4, 0.5) is 0 Å². The minimum absolute atomic E-state index is 0.0405. The molecule has 0 aromatic rings. The Labute approximate surface area is 108 Å². The third-order valence-corrected chi connectivity index (χ3v) is 5.25. The minimum atomic E-state index is -3.55. The van der Waals surface area contributed by atoms with Crippen molar-refractivity contribution in [3.63, 3.8) is 0 Å². The molecule has 1 aliphatic rings. The summed E-state index contributed by atoms with van der Waals surface area (Å²) in [5, 5.41) is 0. The van der Waals surface area contributed by atoms with Gasteiger partial charge < -0.3 is 10.5 Å². The lowest BCUT2D eigenvalue weighted by molar-refractivity contribution is -0.148. The van der Waals surface area contributed by atoms with Crippen molar-refractivity contribution >= 4 is 16.1 Å². The molecule has 0 spiro atoms. The predicted octanol–water partition coefficient (Wildman–Crippen LogP) is -0.851. The molecular formula is C10H21N3O4S. The van der Waals surface area contributed by atoms with E-state index in [4.69, 9.17) is 10.5 Å². The molecule has 8 heteroatoms. The third-order valence-electron chi connectivity index (χ3n) is 3.12. The molecule has 1 fully saturated rings. The van der Waals surface area contributed by atoms with Crippen molar-refractivity contribution in [2.24, 2.45) is 5.73 Å². The fourth-order valence-corrected chi connectivity index (χ4v) is 3.59. The van der Waals surface area contributed by atoms with E-state index in [1.54, 1.807) is 13.8 Å². The van der Waals surface area contributed by atoms with Crippen LogP contribution in [-0.2, 0) is 19.7 Å².